The van der Waals surface area contributed by atoms with Gasteiger partial charge in [-0.05, 0) is 37.3 Å². The molecule has 0 heterocycles. The first-order valence-corrected chi connectivity index (χ1v) is 6.23. The molecule has 0 aromatic heterocycles. The second kappa shape index (κ2) is 16.3. The molecule has 0 rings (SSSR count). The van der Waals surface area contributed by atoms with Gasteiger partial charge in [0.15, 0.2) is 0 Å². The first-order valence-electron chi connectivity index (χ1n) is 5.41. The second-order valence-electron chi connectivity index (χ2n) is 3.31. The van der Waals surface area contributed by atoms with Crippen LogP contribution in [0.3, 0.4) is 0 Å². The number of aliphatic hydroxyl groups excluding tert-OH is 2. The molecular weight excluding hydrogens is 453 g/mol. The fourth-order valence-corrected chi connectivity index (χ4v) is 1.18. The number of aliphatic hydroxyl groups is 2. The monoisotopic (exact) mass is 478 g/mol. The van der Waals surface area contributed by atoms with Crippen LogP contribution in [0.5, 0.6) is 0 Å². The van der Waals surface area contributed by atoms with E-state index in [9.17, 15) is 0 Å². The van der Waals surface area contributed by atoms with Crippen LogP contribution in [-0.2, 0) is 0 Å². The molecule has 0 bridgehead atoms. The Hall–Kier alpha value is 0.263. The van der Waals surface area contributed by atoms with Gasteiger partial charge in [0.2, 0.25) is 0 Å². The maximum absolute atomic E-state index is 9.12. The van der Waals surface area contributed by atoms with Gasteiger partial charge in [-0.2, -0.15) is 0 Å². The van der Waals surface area contributed by atoms with E-state index in [1.165, 1.54) is 0 Å². The van der Waals surface area contributed by atoms with Crippen molar-refractivity contribution in [2.45, 2.75) is 39.5 Å². The Morgan fingerprint density at radius 3 is 1.53 bits per heavy atom. The van der Waals surface area contributed by atoms with Crippen molar-refractivity contribution in [3.8, 4) is 0 Å². The Kier molecular flexibility index (Phi) is 21.5. The summed E-state index contributed by atoms with van der Waals surface area (Å²) in [4.78, 5) is 1.88. The van der Waals surface area contributed by atoms with Gasteiger partial charge in [-0.1, -0.05) is 26.7 Å². The SMILES string of the molecule is CCCCN(CCCC)C(O)=S.NC(O)=S.[BiH3]. The van der Waals surface area contributed by atoms with Gasteiger partial charge >= 0.3 is 26.2 Å². The Morgan fingerprint density at radius 2 is 1.35 bits per heavy atom. The standard InChI is InChI=1S/C9H19NOS.CH3NOS.Bi.3H/c1-3-5-7-10(9(11)12)8-6-4-2;2-1(3)4;;;;/h3-8H2,1-2H3,(H,11,12);(H3,2,3,4);;;;. The zero-order chi connectivity index (χ0) is 13.0. The van der Waals surface area contributed by atoms with Crippen molar-refractivity contribution in [1.29, 1.82) is 0 Å². The summed E-state index contributed by atoms with van der Waals surface area (Å²) in [6.45, 7) is 6.06. The Bertz CT molecular complexity index is 195. The van der Waals surface area contributed by atoms with Crippen LogP contribution in [0.15, 0.2) is 0 Å². The predicted octanol–water partition coefficient (Wildman–Crippen LogP) is 1.34. The van der Waals surface area contributed by atoms with Gasteiger partial charge in [0.25, 0.3) is 10.3 Å². The third-order valence-corrected chi connectivity index (χ3v) is 2.09. The van der Waals surface area contributed by atoms with E-state index in [0.29, 0.717) is 0 Å². The molecule has 0 atom stereocenters. The number of rotatable bonds is 6. The van der Waals surface area contributed by atoms with E-state index in [1.807, 2.05) is 4.90 Å². The zero-order valence-electron chi connectivity index (χ0n) is 10.7. The van der Waals surface area contributed by atoms with Crippen LogP contribution >= 0.6 is 24.4 Å². The van der Waals surface area contributed by atoms with E-state index < -0.39 is 5.17 Å². The fourth-order valence-electron chi connectivity index (χ4n) is 1.00. The van der Waals surface area contributed by atoms with E-state index in [0.717, 1.165) is 38.8 Å². The van der Waals surface area contributed by atoms with Crippen LogP contribution in [0, 0.1) is 0 Å². The summed E-state index contributed by atoms with van der Waals surface area (Å²) in [5.41, 5.74) is 4.40. The van der Waals surface area contributed by atoms with Gasteiger partial charge in [-0.25, -0.2) is 0 Å². The van der Waals surface area contributed by atoms with Crippen molar-refractivity contribution in [1.82, 2.24) is 4.90 Å². The molecule has 0 saturated carbocycles. The van der Waals surface area contributed by atoms with Crippen molar-refractivity contribution < 1.29 is 10.2 Å². The Morgan fingerprint density at radius 1 is 1.06 bits per heavy atom. The molecular formula is C10H25BiN2O2S2. The Balaban J connectivity index is -0.000000340. The number of thiocarbonyl (C=S) groups is 2. The third kappa shape index (κ3) is 22.0. The molecule has 0 aromatic rings. The van der Waals surface area contributed by atoms with Crippen molar-refractivity contribution in [2.75, 3.05) is 13.1 Å². The van der Waals surface area contributed by atoms with Gasteiger partial charge < -0.3 is 20.8 Å². The van der Waals surface area contributed by atoms with Gasteiger partial charge in [0.05, 0.1) is 0 Å². The molecule has 0 fully saturated rings. The summed E-state index contributed by atoms with van der Waals surface area (Å²) in [5.74, 6) is 0. The molecule has 0 saturated heterocycles. The molecule has 0 aliphatic carbocycles. The van der Waals surface area contributed by atoms with Crippen LogP contribution in [-0.4, -0.2) is 64.8 Å². The molecule has 104 valence electrons. The van der Waals surface area contributed by atoms with Crippen LogP contribution in [0.2, 0.25) is 0 Å². The molecule has 0 aliphatic rings. The predicted molar refractivity (Wildman–Crippen MR) is 86.0 cm³/mol. The van der Waals surface area contributed by atoms with E-state index in [4.69, 9.17) is 22.4 Å². The molecule has 0 spiro atoms. The van der Waals surface area contributed by atoms with E-state index in [-0.39, 0.29) is 31.4 Å². The van der Waals surface area contributed by atoms with Gasteiger partial charge in [-0.3, -0.25) is 0 Å². The minimum absolute atomic E-state index is 0. The summed E-state index contributed by atoms with van der Waals surface area (Å²) < 4.78 is 0. The van der Waals surface area contributed by atoms with Crippen LogP contribution < -0.4 is 5.73 Å². The fraction of sp³-hybridized carbons (Fsp3) is 0.800. The van der Waals surface area contributed by atoms with Crippen molar-refractivity contribution >= 4 is 61.0 Å². The summed E-state index contributed by atoms with van der Waals surface area (Å²) in [5, 5.41) is 16.2. The first kappa shape index (κ1) is 22.4. The number of nitrogens with two attached hydrogens (primary N) is 1. The topological polar surface area (TPSA) is 69.7 Å². The molecule has 0 unspecified atom stereocenters. The molecule has 4 N–H and O–H groups in total. The van der Waals surface area contributed by atoms with Crippen molar-refractivity contribution in [2.24, 2.45) is 5.73 Å². The van der Waals surface area contributed by atoms with E-state index in [1.54, 1.807) is 0 Å². The van der Waals surface area contributed by atoms with Gasteiger partial charge in [0, 0.05) is 13.1 Å². The summed E-state index contributed by atoms with van der Waals surface area (Å²) in [6, 6.07) is 0. The molecule has 0 radical (unpaired) electrons. The van der Waals surface area contributed by atoms with Crippen LogP contribution in [0.1, 0.15) is 39.5 Å². The molecule has 7 heteroatoms. The second-order valence-corrected chi connectivity index (χ2v) is 4.10. The first-order chi connectivity index (χ1) is 7.45. The number of hydrogen-bond donors (Lipinski definition) is 3. The number of unbranched alkanes of at least 4 members (excludes halogenated alkanes) is 2. The zero-order valence-corrected chi connectivity index (χ0v) is 17.8. The van der Waals surface area contributed by atoms with E-state index >= 15 is 0 Å². The molecule has 0 amide bonds. The van der Waals surface area contributed by atoms with Crippen molar-refractivity contribution in [3.05, 3.63) is 0 Å². The van der Waals surface area contributed by atoms with E-state index in [2.05, 4.69) is 31.8 Å². The van der Waals surface area contributed by atoms with Crippen molar-refractivity contribution in [3.63, 3.8) is 0 Å². The Labute approximate surface area is 134 Å². The number of nitrogens with zero attached hydrogens (tertiary/aromatic N) is 1. The summed E-state index contributed by atoms with van der Waals surface area (Å²) in [7, 11) is 0. The average Bonchev–Trinajstić information content (AvgIpc) is 2.16. The molecule has 17 heavy (non-hydrogen) atoms. The normalized spacial score (nSPS) is 8.35. The summed E-state index contributed by atoms with van der Waals surface area (Å²) in [6.07, 6.45) is 4.49. The summed E-state index contributed by atoms with van der Waals surface area (Å²) >= 11 is 8.60. The molecule has 4 nitrogen and oxygen atoms in total. The van der Waals surface area contributed by atoms with Crippen LogP contribution in [0.25, 0.3) is 0 Å². The van der Waals surface area contributed by atoms with Crippen LogP contribution in [0.4, 0.5) is 0 Å². The van der Waals surface area contributed by atoms with Gasteiger partial charge in [-0.15, -0.1) is 0 Å². The third-order valence-electron chi connectivity index (χ3n) is 1.83. The number of hydrogen-bond acceptors (Lipinski definition) is 2. The average molecular weight is 478 g/mol. The quantitative estimate of drug-likeness (QED) is 0.396. The van der Waals surface area contributed by atoms with Gasteiger partial charge in [0.1, 0.15) is 0 Å². The molecule has 0 aromatic carbocycles. The minimum atomic E-state index is -0.500. The maximum atomic E-state index is 9.12. The molecule has 0 aliphatic heterocycles.